The average molecular weight is 601 g/mol. The van der Waals surface area contributed by atoms with Crippen molar-refractivity contribution in [3.63, 3.8) is 0 Å². The zero-order valence-electron chi connectivity index (χ0n) is 22.1. The summed E-state index contributed by atoms with van der Waals surface area (Å²) in [6.07, 6.45) is 1.36. The molecule has 0 aliphatic carbocycles. The summed E-state index contributed by atoms with van der Waals surface area (Å²) in [5.74, 6) is -1.40. The summed E-state index contributed by atoms with van der Waals surface area (Å²) < 4.78 is 64.6. The molecule has 0 saturated heterocycles. The minimum Gasteiger partial charge on any atom is -0.494 e. The Bertz CT molecular complexity index is 1980. The molecule has 0 unspecified atom stereocenters. The number of hydrogen-bond acceptors (Lipinski definition) is 9. The number of fused-ring (bicyclic) bond motifs is 1. The Balaban J connectivity index is 0.000000310. The number of nitro groups is 1. The lowest BCUT2D eigenvalue weighted by Crippen LogP contribution is -2.21. The number of halogens is 2. The molecule has 42 heavy (non-hydrogen) atoms. The van der Waals surface area contributed by atoms with Crippen molar-refractivity contribution >= 4 is 38.5 Å². The van der Waals surface area contributed by atoms with E-state index in [-0.39, 0.29) is 28.1 Å². The Morgan fingerprint density at radius 3 is 2.36 bits per heavy atom. The maximum Gasteiger partial charge on any atom is 0.334 e. The minimum absolute atomic E-state index is 0.00472. The van der Waals surface area contributed by atoms with Crippen molar-refractivity contribution in [3.05, 3.63) is 105 Å². The number of aromatic nitrogens is 4. The number of ether oxygens (including phenoxy) is 1. The molecule has 3 aromatic carbocycles. The molecule has 0 spiro atoms. The third kappa shape index (κ3) is 6.24. The van der Waals surface area contributed by atoms with E-state index in [1.165, 1.54) is 65.9 Å². The first-order valence-electron chi connectivity index (χ1n) is 11.8. The van der Waals surface area contributed by atoms with E-state index in [4.69, 9.17) is 9.29 Å². The summed E-state index contributed by atoms with van der Waals surface area (Å²) in [6, 6.07) is 13.2. The summed E-state index contributed by atoms with van der Waals surface area (Å²) in [7, 11) is -1.24. The van der Waals surface area contributed by atoms with E-state index in [9.17, 15) is 32.1 Å². The monoisotopic (exact) mass is 600 g/mol. The van der Waals surface area contributed by atoms with Crippen molar-refractivity contribution in [2.45, 2.75) is 11.8 Å². The fourth-order valence-electron chi connectivity index (χ4n) is 3.85. The molecule has 0 aliphatic heterocycles. The Hall–Kier alpha value is -5.22. The smallest absolute Gasteiger partial charge is 0.334 e. The minimum atomic E-state index is -4.02. The molecule has 218 valence electrons. The van der Waals surface area contributed by atoms with Crippen molar-refractivity contribution in [1.82, 2.24) is 19.1 Å². The molecule has 13 nitrogen and oxygen atoms in total. The number of rotatable bonds is 6. The van der Waals surface area contributed by atoms with Gasteiger partial charge in [-0.05, 0) is 37.3 Å². The number of anilines is 2. The fourth-order valence-corrected chi connectivity index (χ4v) is 4.33. The molecule has 0 fully saturated rings. The average Bonchev–Trinajstić information content (AvgIpc) is 3.18. The van der Waals surface area contributed by atoms with Crippen LogP contribution in [-0.4, -0.2) is 44.1 Å². The maximum atomic E-state index is 13.9. The van der Waals surface area contributed by atoms with Crippen LogP contribution in [-0.2, 0) is 17.2 Å². The lowest BCUT2D eigenvalue weighted by molar-refractivity contribution is -0.387. The van der Waals surface area contributed by atoms with Gasteiger partial charge < -0.3 is 10.1 Å². The van der Waals surface area contributed by atoms with E-state index in [0.717, 1.165) is 17.7 Å². The van der Waals surface area contributed by atoms with Crippen LogP contribution in [0.3, 0.4) is 0 Å². The Kier molecular flexibility index (Phi) is 8.30. The van der Waals surface area contributed by atoms with Gasteiger partial charge in [0.15, 0.2) is 0 Å². The van der Waals surface area contributed by atoms with Gasteiger partial charge in [-0.15, -0.1) is 0 Å². The van der Waals surface area contributed by atoms with Crippen LogP contribution < -0.4 is 15.7 Å². The van der Waals surface area contributed by atoms with Gasteiger partial charge in [0.25, 0.3) is 10.1 Å². The van der Waals surface area contributed by atoms with Crippen LogP contribution in [0, 0.1) is 28.7 Å². The van der Waals surface area contributed by atoms with Crippen molar-refractivity contribution in [3.8, 4) is 11.6 Å². The second-order valence-electron chi connectivity index (χ2n) is 8.72. The lowest BCUT2D eigenvalue weighted by Gasteiger charge is -2.11. The first kappa shape index (κ1) is 29.8. The predicted molar refractivity (Wildman–Crippen MR) is 148 cm³/mol. The molecule has 2 heterocycles. The predicted octanol–water partition coefficient (Wildman–Crippen LogP) is 4.30. The molecule has 0 atom stereocenters. The fraction of sp³-hybridized carbons (Fsp3) is 0.115. The van der Waals surface area contributed by atoms with Crippen LogP contribution in [0.15, 0.2) is 76.6 Å². The molecule has 5 rings (SSSR count). The van der Waals surface area contributed by atoms with Crippen molar-refractivity contribution < 1.29 is 31.4 Å². The van der Waals surface area contributed by atoms with E-state index in [2.05, 4.69) is 15.3 Å². The molecule has 2 N–H and O–H groups in total. The van der Waals surface area contributed by atoms with Gasteiger partial charge in [0.2, 0.25) is 11.8 Å². The number of hydrogen-bond donors (Lipinski definition) is 2. The SMILES string of the molecule is COc1cc(F)c([N+](=O)[O-])cc1Nc1nccc(-n2c(=O)n(C)c3cc(F)ccc32)n1.Cc1ccc(S(=O)(=O)O)cc1. The zero-order chi connectivity index (χ0) is 30.8. The van der Waals surface area contributed by atoms with Gasteiger partial charge in [-0.2, -0.15) is 17.8 Å². The van der Waals surface area contributed by atoms with Gasteiger partial charge in [-0.25, -0.2) is 18.7 Å². The summed E-state index contributed by atoms with van der Waals surface area (Å²) in [5.41, 5.74) is 0.590. The topological polar surface area (TPSA) is 171 Å². The van der Waals surface area contributed by atoms with E-state index in [0.29, 0.717) is 11.0 Å². The number of imidazole rings is 1. The van der Waals surface area contributed by atoms with Gasteiger partial charge in [-0.1, -0.05) is 17.7 Å². The quantitative estimate of drug-likeness (QED) is 0.163. The van der Waals surface area contributed by atoms with Crippen LogP contribution in [0.5, 0.6) is 5.75 Å². The highest BCUT2D eigenvalue weighted by Gasteiger charge is 2.20. The van der Waals surface area contributed by atoms with E-state index in [1.807, 2.05) is 6.92 Å². The highest BCUT2D eigenvalue weighted by atomic mass is 32.2. The molecule has 0 bridgehead atoms. The normalized spacial score (nSPS) is 11.1. The number of aryl methyl sites for hydroxylation is 2. The third-order valence-electron chi connectivity index (χ3n) is 5.92. The second kappa shape index (κ2) is 11.7. The molecule has 0 saturated carbocycles. The number of nitrogens with one attached hydrogen (secondary N) is 1. The molecular weight excluding hydrogens is 578 g/mol. The molecule has 0 aliphatic rings. The zero-order valence-corrected chi connectivity index (χ0v) is 23.0. The number of methoxy groups -OCH3 is 1. The molecule has 5 aromatic rings. The van der Waals surface area contributed by atoms with Gasteiger partial charge in [0, 0.05) is 31.4 Å². The van der Waals surface area contributed by atoms with Gasteiger partial charge >= 0.3 is 11.4 Å². The van der Waals surface area contributed by atoms with E-state index in [1.54, 1.807) is 12.1 Å². The van der Waals surface area contributed by atoms with Gasteiger partial charge in [0.1, 0.15) is 17.4 Å². The number of nitro benzene ring substituents is 1. The largest absolute Gasteiger partial charge is 0.494 e. The first-order valence-corrected chi connectivity index (χ1v) is 13.3. The molecule has 16 heteroatoms. The molecular formula is C26H22F2N6O7S. The summed E-state index contributed by atoms with van der Waals surface area (Å²) in [4.78, 5) is 31.1. The number of benzene rings is 3. The van der Waals surface area contributed by atoms with Crippen molar-refractivity contribution in [1.29, 1.82) is 0 Å². The van der Waals surface area contributed by atoms with Crippen LogP contribution in [0.1, 0.15) is 5.56 Å². The van der Waals surface area contributed by atoms with Crippen LogP contribution in [0.2, 0.25) is 0 Å². The van der Waals surface area contributed by atoms with Crippen LogP contribution in [0.25, 0.3) is 16.9 Å². The van der Waals surface area contributed by atoms with E-state index < -0.39 is 38.1 Å². The second-order valence-corrected chi connectivity index (χ2v) is 10.1. The van der Waals surface area contributed by atoms with Crippen molar-refractivity contribution in [2.75, 3.05) is 12.4 Å². The van der Waals surface area contributed by atoms with Gasteiger partial charge in [0.05, 0.1) is 33.6 Å². The lowest BCUT2D eigenvalue weighted by atomic mass is 10.2. The summed E-state index contributed by atoms with van der Waals surface area (Å²) in [5, 5.41) is 13.8. The highest BCUT2D eigenvalue weighted by Crippen LogP contribution is 2.33. The molecule has 0 radical (unpaired) electrons. The maximum absolute atomic E-state index is 13.9. The van der Waals surface area contributed by atoms with Crippen LogP contribution in [0.4, 0.5) is 26.1 Å². The van der Waals surface area contributed by atoms with E-state index >= 15 is 0 Å². The standard InChI is InChI=1S/C19H14F2N6O4.C7H8O3S/c1-25-15-7-10(20)3-4-13(15)26(19(25)28)17-5-6-22-18(24-17)23-12-9-14(27(29)30)11(21)8-16(12)31-2;1-6-2-4-7(5-3-6)11(8,9)10/h3-9H,1-2H3,(H,22,23,24);2-5H,1H3,(H,8,9,10). The Labute approximate surface area is 236 Å². The third-order valence-corrected chi connectivity index (χ3v) is 6.79. The highest BCUT2D eigenvalue weighted by molar-refractivity contribution is 7.85. The summed E-state index contributed by atoms with van der Waals surface area (Å²) >= 11 is 0. The van der Waals surface area contributed by atoms with Crippen LogP contribution >= 0.6 is 0 Å². The Morgan fingerprint density at radius 1 is 1.05 bits per heavy atom. The molecule has 2 aromatic heterocycles. The van der Waals surface area contributed by atoms with Gasteiger partial charge in [-0.3, -0.25) is 19.2 Å². The summed E-state index contributed by atoms with van der Waals surface area (Å²) in [6.45, 7) is 1.84. The Morgan fingerprint density at radius 2 is 1.74 bits per heavy atom. The number of nitrogens with zero attached hydrogens (tertiary/aromatic N) is 5. The van der Waals surface area contributed by atoms with Crippen molar-refractivity contribution in [2.24, 2.45) is 7.05 Å². The first-order chi connectivity index (χ1) is 19.8. The molecule has 0 amide bonds.